The Bertz CT molecular complexity index is 129. The van der Waals surface area contributed by atoms with Gasteiger partial charge in [0, 0.05) is 11.8 Å². The van der Waals surface area contributed by atoms with Crippen LogP contribution >= 0.6 is 11.8 Å². The van der Waals surface area contributed by atoms with Crippen molar-refractivity contribution in [2.75, 3.05) is 5.75 Å². The number of rotatable bonds is 0. The maximum atomic E-state index is 3.69. The average molecular weight is 157 g/mol. The number of thioether (sulfide) groups is 1. The Morgan fingerprint density at radius 1 is 1.40 bits per heavy atom. The molecule has 1 unspecified atom stereocenters. The lowest BCUT2D eigenvalue weighted by molar-refractivity contribution is 0.463. The zero-order valence-electron chi connectivity index (χ0n) is 6.52. The second-order valence-electron chi connectivity index (χ2n) is 3.56. The van der Waals surface area contributed by atoms with E-state index < -0.39 is 0 Å². The van der Waals surface area contributed by atoms with Crippen LogP contribution in [0.2, 0.25) is 0 Å². The van der Waals surface area contributed by atoms with Crippen LogP contribution in [0.1, 0.15) is 32.6 Å². The van der Waals surface area contributed by atoms with Gasteiger partial charge in [0.2, 0.25) is 0 Å². The SMILES string of the molecule is CC1CSC2(CCCC2)N1. The van der Waals surface area contributed by atoms with Crippen molar-refractivity contribution in [2.24, 2.45) is 0 Å². The third-order valence-corrected chi connectivity index (χ3v) is 4.28. The fraction of sp³-hybridized carbons (Fsp3) is 1.00. The number of hydrogen-bond acceptors (Lipinski definition) is 2. The molecule has 10 heavy (non-hydrogen) atoms. The van der Waals surface area contributed by atoms with Gasteiger partial charge in [-0.25, -0.2) is 0 Å². The first kappa shape index (κ1) is 6.99. The zero-order chi connectivity index (χ0) is 7.03. The van der Waals surface area contributed by atoms with Crippen LogP contribution < -0.4 is 5.32 Å². The van der Waals surface area contributed by atoms with Crippen molar-refractivity contribution >= 4 is 11.8 Å². The van der Waals surface area contributed by atoms with Gasteiger partial charge in [-0.15, -0.1) is 11.8 Å². The molecule has 0 aromatic carbocycles. The summed E-state index contributed by atoms with van der Waals surface area (Å²) in [6, 6.07) is 0.753. The largest absolute Gasteiger partial charge is 0.299 e. The van der Waals surface area contributed by atoms with E-state index in [9.17, 15) is 0 Å². The summed E-state index contributed by atoms with van der Waals surface area (Å²) in [6.45, 7) is 2.29. The van der Waals surface area contributed by atoms with Crippen molar-refractivity contribution in [3.63, 3.8) is 0 Å². The minimum atomic E-state index is 0.527. The Hall–Kier alpha value is 0.310. The second-order valence-corrected chi connectivity index (χ2v) is 4.96. The molecule has 2 aliphatic rings. The molecule has 2 fully saturated rings. The van der Waals surface area contributed by atoms with Crippen LogP contribution in [0.4, 0.5) is 0 Å². The van der Waals surface area contributed by atoms with E-state index in [1.165, 1.54) is 31.4 Å². The summed E-state index contributed by atoms with van der Waals surface area (Å²) in [5.41, 5.74) is 0. The smallest absolute Gasteiger partial charge is 0.0648 e. The number of hydrogen-bond donors (Lipinski definition) is 1. The molecule has 1 nitrogen and oxygen atoms in total. The normalized spacial score (nSPS) is 37.5. The fourth-order valence-corrected chi connectivity index (χ4v) is 3.57. The first-order chi connectivity index (χ1) is 4.81. The van der Waals surface area contributed by atoms with E-state index in [1.807, 2.05) is 0 Å². The molecule has 58 valence electrons. The van der Waals surface area contributed by atoms with E-state index in [1.54, 1.807) is 0 Å². The van der Waals surface area contributed by atoms with Gasteiger partial charge in [-0.1, -0.05) is 12.8 Å². The summed E-state index contributed by atoms with van der Waals surface area (Å²) >= 11 is 2.15. The second kappa shape index (κ2) is 2.42. The van der Waals surface area contributed by atoms with E-state index in [0.29, 0.717) is 4.87 Å². The van der Waals surface area contributed by atoms with Gasteiger partial charge in [-0.05, 0) is 19.8 Å². The Morgan fingerprint density at radius 2 is 2.10 bits per heavy atom. The third kappa shape index (κ3) is 1.08. The maximum absolute atomic E-state index is 3.69. The van der Waals surface area contributed by atoms with Crippen LogP contribution in [0.5, 0.6) is 0 Å². The first-order valence-electron chi connectivity index (χ1n) is 4.22. The van der Waals surface area contributed by atoms with Gasteiger partial charge in [-0.3, -0.25) is 5.32 Å². The lowest BCUT2D eigenvalue weighted by Crippen LogP contribution is -2.37. The number of nitrogens with one attached hydrogen (secondary N) is 1. The molecule has 2 rings (SSSR count). The summed E-state index contributed by atoms with van der Waals surface area (Å²) in [5.74, 6) is 1.32. The molecule has 1 aliphatic carbocycles. The van der Waals surface area contributed by atoms with Crippen LogP contribution in [0.15, 0.2) is 0 Å². The van der Waals surface area contributed by atoms with Gasteiger partial charge >= 0.3 is 0 Å². The Labute approximate surface area is 67.0 Å². The van der Waals surface area contributed by atoms with E-state index >= 15 is 0 Å². The molecule has 0 radical (unpaired) electrons. The van der Waals surface area contributed by atoms with E-state index in [0.717, 1.165) is 6.04 Å². The van der Waals surface area contributed by atoms with Gasteiger partial charge in [0.1, 0.15) is 0 Å². The topological polar surface area (TPSA) is 12.0 Å². The summed E-state index contributed by atoms with van der Waals surface area (Å²) in [4.78, 5) is 0.527. The summed E-state index contributed by atoms with van der Waals surface area (Å²) in [5, 5.41) is 3.69. The molecule has 1 atom stereocenters. The van der Waals surface area contributed by atoms with Gasteiger partial charge in [-0.2, -0.15) is 0 Å². The lowest BCUT2D eigenvalue weighted by Gasteiger charge is -2.22. The highest BCUT2D eigenvalue weighted by Crippen LogP contribution is 2.43. The van der Waals surface area contributed by atoms with Crippen molar-refractivity contribution in [1.29, 1.82) is 0 Å². The van der Waals surface area contributed by atoms with Gasteiger partial charge in [0.15, 0.2) is 0 Å². The molecule has 2 heteroatoms. The maximum Gasteiger partial charge on any atom is 0.0648 e. The lowest BCUT2D eigenvalue weighted by atomic mass is 10.2. The van der Waals surface area contributed by atoms with Gasteiger partial charge in [0.05, 0.1) is 4.87 Å². The monoisotopic (exact) mass is 157 g/mol. The quantitative estimate of drug-likeness (QED) is 0.577. The predicted octanol–water partition coefficient (Wildman–Crippen LogP) is 1.98. The van der Waals surface area contributed by atoms with Crippen LogP contribution in [0, 0.1) is 0 Å². The van der Waals surface area contributed by atoms with Crippen LogP contribution in [-0.4, -0.2) is 16.7 Å². The first-order valence-corrected chi connectivity index (χ1v) is 5.21. The molecule has 1 aliphatic heterocycles. The van der Waals surface area contributed by atoms with E-state index in [2.05, 4.69) is 24.0 Å². The molecule has 0 aromatic rings. The molecular formula is C8H15NS. The summed E-state index contributed by atoms with van der Waals surface area (Å²) < 4.78 is 0. The minimum absolute atomic E-state index is 0.527. The standard InChI is InChI=1S/C8H15NS/c1-7-6-10-8(9-7)4-2-3-5-8/h7,9H,2-6H2,1H3. The molecule has 0 bridgehead atoms. The Morgan fingerprint density at radius 3 is 2.60 bits per heavy atom. The molecule has 1 spiro atoms. The summed E-state index contributed by atoms with van der Waals surface area (Å²) in [6.07, 6.45) is 5.68. The molecular weight excluding hydrogens is 142 g/mol. The molecule has 0 aromatic heterocycles. The molecule has 1 saturated carbocycles. The predicted molar refractivity (Wildman–Crippen MR) is 46.3 cm³/mol. The van der Waals surface area contributed by atoms with Crippen molar-refractivity contribution in [3.05, 3.63) is 0 Å². The molecule has 1 saturated heterocycles. The Balaban J connectivity index is 2.03. The van der Waals surface area contributed by atoms with Gasteiger partial charge < -0.3 is 0 Å². The van der Waals surface area contributed by atoms with Crippen molar-refractivity contribution in [2.45, 2.75) is 43.5 Å². The van der Waals surface area contributed by atoms with Crippen molar-refractivity contribution in [1.82, 2.24) is 5.32 Å². The highest BCUT2D eigenvalue weighted by Gasteiger charge is 2.39. The van der Waals surface area contributed by atoms with Crippen LogP contribution in [-0.2, 0) is 0 Å². The Kier molecular flexibility index (Phi) is 1.69. The molecule has 1 N–H and O–H groups in total. The highest BCUT2D eigenvalue weighted by atomic mass is 32.2. The molecule has 0 amide bonds. The van der Waals surface area contributed by atoms with Crippen LogP contribution in [0.3, 0.4) is 0 Å². The zero-order valence-corrected chi connectivity index (χ0v) is 7.34. The van der Waals surface area contributed by atoms with Crippen LogP contribution in [0.25, 0.3) is 0 Å². The molecule has 1 heterocycles. The van der Waals surface area contributed by atoms with E-state index in [4.69, 9.17) is 0 Å². The highest BCUT2D eigenvalue weighted by molar-refractivity contribution is 8.00. The average Bonchev–Trinajstić information content (AvgIpc) is 2.46. The van der Waals surface area contributed by atoms with E-state index in [-0.39, 0.29) is 0 Å². The van der Waals surface area contributed by atoms with Crippen molar-refractivity contribution in [3.8, 4) is 0 Å². The fourth-order valence-electron chi connectivity index (χ4n) is 2.05. The third-order valence-electron chi connectivity index (χ3n) is 2.53. The van der Waals surface area contributed by atoms with Gasteiger partial charge in [0.25, 0.3) is 0 Å². The van der Waals surface area contributed by atoms with Crippen molar-refractivity contribution < 1.29 is 0 Å². The minimum Gasteiger partial charge on any atom is -0.299 e. The summed E-state index contributed by atoms with van der Waals surface area (Å²) in [7, 11) is 0.